The van der Waals surface area contributed by atoms with Crippen LogP contribution in [0.5, 0.6) is 0 Å². The lowest BCUT2D eigenvalue weighted by Crippen LogP contribution is -2.07. The van der Waals surface area contributed by atoms with Crippen molar-refractivity contribution in [1.29, 1.82) is 0 Å². The van der Waals surface area contributed by atoms with Gasteiger partial charge in [0.25, 0.3) is 0 Å². The van der Waals surface area contributed by atoms with Gasteiger partial charge in [0.15, 0.2) is 0 Å². The van der Waals surface area contributed by atoms with Gasteiger partial charge < -0.3 is 5.73 Å². The number of rotatable bonds is 0. The molecule has 0 saturated carbocycles. The van der Waals surface area contributed by atoms with E-state index in [4.69, 9.17) is 5.73 Å². The van der Waals surface area contributed by atoms with Crippen molar-refractivity contribution in [3.05, 3.63) is 13.3 Å². The third-order valence-electron chi connectivity index (χ3n) is 0. The summed E-state index contributed by atoms with van der Waals surface area (Å²) in [7, 11) is 0. The maximum atomic E-state index is 5.00. The summed E-state index contributed by atoms with van der Waals surface area (Å²) in [4.78, 5) is 0. The van der Waals surface area contributed by atoms with Crippen molar-refractivity contribution in [3.63, 3.8) is 0 Å². The van der Waals surface area contributed by atoms with Gasteiger partial charge in [0, 0.05) is 6.04 Å². The molecule has 1 nitrogen and oxygen atoms in total. The molecular weight excluding hydrogens is 86.1 g/mol. The monoisotopic (exact) mass is 101 g/mol. The number of nitrogens with two attached hydrogens (primary N) is 1. The highest BCUT2D eigenvalue weighted by atomic mass is 14.6. The minimum atomic E-state index is 0.0833. The second-order valence-corrected chi connectivity index (χ2v) is 1.55. The number of hydrogen-bond donors (Lipinski definition) is 1. The summed E-state index contributed by atoms with van der Waals surface area (Å²) in [6.07, 6.45) is 2.00. The van der Waals surface area contributed by atoms with Crippen molar-refractivity contribution in [3.8, 4) is 0 Å². The molecule has 0 heterocycles. The molecule has 0 aromatic heterocycles. The molecule has 2 radical (unpaired) electrons. The van der Waals surface area contributed by atoms with E-state index in [0.29, 0.717) is 0 Å². The first-order valence-corrected chi connectivity index (χ1v) is 2.47. The van der Waals surface area contributed by atoms with Gasteiger partial charge in [0.05, 0.1) is 0 Å². The highest BCUT2D eigenvalue weighted by molar-refractivity contribution is 4.49. The fraction of sp³-hybridized carbons (Fsp3) is 0.667. The average Bonchev–Trinajstić information content (AvgIpc) is 1.33. The Morgan fingerprint density at radius 2 is 1.57 bits per heavy atom. The predicted molar refractivity (Wildman–Crippen MR) is 34.7 cm³/mol. The lowest BCUT2D eigenvalue weighted by atomic mass is 10.5. The fourth-order valence-electron chi connectivity index (χ4n) is 0. The molecule has 0 rings (SSSR count). The molecule has 1 unspecified atom stereocenters. The molecule has 0 spiro atoms. The third kappa shape index (κ3) is 58400. The molecule has 1 atom stereocenters. The van der Waals surface area contributed by atoms with Crippen LogP contribution in [0.2, 0.25) is 0 Å². The average molecular weight is 101 g/mol. The largest absolute Gasteiger partial charge is 0.328 e. The Balaban J connectivity index is 0. The summed E-state index contributed by atoms with van der Waals surface area (Å²) in [6, 6.07) is 0.0833. The third-order valence-corrected chi connectivity index (χ3v) is 0. The highest BCUT2D eigenvalue weighted by Gasteiger charge is 1.67. The van der Waals surface area contributed by atoms with E-state index in [9.17, 15) is 0 Å². The van der Waals surface area contributed by atoms with Crippen LogP contribution < -0.4 is 5.73 Å². The van der Waals surface area contributed by atoms with Gasteiger partial charge in [0.1, 0.15) is 0 Å². The van der Waals surface area contributed by atoms with Gasteiger partial charge in [-0.15, -0.1) is 0 Å². The van der Waals surface area contributed by atoms with Crippen LogP contribution in [0.25, 0.3) is 0 Å². The summed E-state index contributed by atoms with van der Waals surface area (Å²) < 4.78 is 0. The van der Waals surface area contributed by atoms with Crippen molar-refractivity contribution < 1.29 is 0 Å². The molecule has 1 heteroatoms. The fourth-order valence-corrected chi connectivity index (χ4v) is 0. The van der Waals surface area contributed by atoms with E-state index in [2.05, 4.69) is 6.92 Å². The number of hydrogen-bond acceptors (Lipinski definition) is 1. The minimum absolute atomic E-state index is 0.0833. The SMILES string of the molecule is C[CH]C.[CH2]C(C)N. The van der Waals surface area contributed by atoms with E-state index in [1.807, 2.05) is 27.2 Å². The second-order valence-electron chi connectivity index (χ2n) is 1.55. The maximum absolute atomic E-state index is 5.00. The van der Waals surface area contributed by atoms with Gasteiger partial charge in [-0.2, -0.15) is 0 Å². The van der Waals surface area contributed by atoms with Crippen LogP contribution in [0.15, 0.2) is 0 Å². The first kappa shape index (κ1) is 10.0. The maximum Gasteiger partial charge on any atom is 0.00110 e. The van der Waals surface area contributed by atoms with Crippen LogP contribution in [-0.4, -0.2) is 6.04 Å². The summed E-state index contributed by atoms with van der Waals surface area (Å²) in [6.45, 7) is 9.25. The van der Waals surface area contributed by atoms with E-state index in [1.54, 1.807) is 0 Å². The Bertz CT molecular complexity index is 15.4. The first-order valence-electron chi connectivity index (χ1n) is 2.47. The van der Waals surface area contributed by atoms with Crippen molar-refractivity contribution in [2.75, 3.05) is 0 Å². The van der Waals surface area contributed by atoms with Crippen LogP contribution >= 0.6 is 0 Å². The predicted octanol–water partition coefficient (Wildman–Crippen LogP) is 1.40. The van der Waals surface area contributed by atoms with Crippen molar-refractivity contribution >= 4 is 0 Å². The first-order chi connectivity index (χ1) is 3.15. The zero-order chi connectivity index (χ0) is 6.28. The van der Waals surface area contributed by atoms with Gasteiger partial charge in [-0.3, -0.25) is 0 Å². The molecule has 0 aromatic rings. The second kappa shape index (κ2) is 9.35. The normalized spacial score (nSPS) is 7.71. The smallest absolute Gasteiger partial charge is 0.00110 e. The van der Waals surface area contributed by atoms with Crippen molar-refractivity contribution in [2.45, 2.75) is 26.8 Å². The Morgan fingerprint density at radius 1 is 1.57 bits per heavy atom. The summed E-state index contributed by atoms with van der Waals surface area (Å²) >= 11 is 0. The van der Waals surface area contributed by atoms with Crippen LogP contribution in [0.3, 0.4) is 0 Å². The zero-order valence-electron chi connectivity index (χ0n) is 5.44. The molecule has 0 aromatic carbocycles. The molecule has 0 fully saturated rings. The minimum Gasteiger partial charge on any atom is -0.328 e. The Hall–Kier alpha value is -0.0400. The lowest BCUT2D eigenvalue weighted by molar-refractivity contribution is 0.923. The van der Waals surface area contributed by atoms with E-state index in [0.717, 1.165) is 0 Å². The van der Waals surface area contributed by atoms with Crippen LogP contribution in [0, 0.1) is 13.3 Å². The molecule has 0 amide bonds. The zero-order valence-corrected chi connectivity index (χ0v) is 5.44. The van der Waals surface area contributed by atoms with Crippen molar-refractivity contribution in [2.24, 2.45) is 5.73 Å². The van der Waals surface area contributed by atoms with Crippen LogP contribution in [0.1, 0.15) is 20.8 Å². The summed E-state index contributed by atoms with van der Waals surface area (Å²) in [5.41, 5.74) is 5.00. The Labute approximate surface area is 46.9 Å². The van der Waals surface area contributed by atoms with E-state index in [1.165, 1.54) is 0 Å². The molecular formula is C6H15N. The molecule has 0 saturated heterocycles. The Kier molecular flexibility index (Phi) is 13.4. The summed E-state index contributed by atoms with van der Waals surface area (Å²) in [5.74, 6) is 0. The van der Waals surface area contributed by atoms with Crippen molar-refractivity contribution in [1.82, 2.24) is 0 Å². The van der Waals surface area contributed by atoms with Gasteiger partial charge >= 0.3 is 0 Å². The molecule has 7 heavy (non-hydrogen) atoms. The lowest BCUT2D eigenvalue weighted by Gasteiger charge is -1.81. The van der Waals surface area contributed by atoms with Gasteiger partial charge in [-0.05, 0) is 20.3 Å². The van der Waals surface area contributed by atoms with Crippen LogP contribution in [0.4, 0.5) is 0 Å². The molecule has 0 bridgehead atoms. The van der Waals surface area contributed by atoms with E-state index >= 15 is 0 Å². The van der Waals surface area contributed by atoms with Crippen LogP contribution in [-0.2, 0) is 0 Å². The highest BCUT2D eigenvalue weighted by Crippen LogP contribution is 1.56. The quantitative estimate of drug-likeness (QED) is 0.490. The van der Waals surface area contributed by atoms with Gasteiger partial charge in [-0.25, -0.2) is 0 Å². The standard InChI is InChI=1S/C3H8N.C3H7/c1-3(2)4;1-3-2/h3H,1,4H2,2H3;3H,1-2H3. The molecule has 0 aliphatic carbocycles. The van der Waals surface area contributed by atoms with Gasteiger partial charge in [-0.1, -0.05) is 13.8 Å². The summed E-state index contributed by atoms with van der Waals surface area (Å²) in [5, 5.41) is 0. The molecule has 0 aliphatic rings. The van der Waals surface area contributed by atoms with Gasteiger partial charge in [0.2, 0.25) is 0 Å². The van der Waals surface area contributed by atoms with E-state index in [-0.39, 0.29) is 6.04 Å². The molecule has 44 valence electrons. The molecule has 0 aliphatic heterocycles. The topological polar surface area (TPSA) is 26.0 Å². The molecule has 2 N–H and O–H groups in total. The van der Waals surface area contributed by atoms with E-state index < -0.39 is 0 Å². The Morgan fingerprint density at radius 3 is 1.57 bits per heavy atom.